The second-order valence-electron chi connectivity index (χ2n) is 4.28. The summed E-state index contributed by atoms with van der Waals surface area (Å²) in [7, 11) is 1.56. The van der Waals surface area contributed by atoms with Crippen LogP contribution in [0.3, 0.4) is 0 Å². The number of hydrazone groups is 1. The van der Waals surface area contributed by atoms with Crippen molar-refractivity contribution in [1.29, 1.82) is 0 Å². The number of hydrogen-bond donors (Lipinski definition) is 2. The van der Waals surface area contributed by atoms with Gasteiger partial charge in [-0.3, -0.25) is 0 Å². The number of phenolic OH excluding ortho intramolecular Hbond substituents is 1. The number of hydrogen-bond acceptors (Lipinski definition) is 6. The van der Waals surface area contributed by atoms with E-state index in [0.717, 1.165) is 5.52 Å². The molecule has 1 aromatic heterocycles. The molecule has 0 spiro atoms. The van der Waals surface area contributed by atoms with Gasteiger partial charge >= 0.3 is 6.01 Å². The number of para-hydroxylation sites is 2. The molecule has 0 aliphatic heterocycles. The maximum absolute atomic E-state index is 9.73. The van der Waals surface area contributed by atoms with Crippen molar-refractivity contribution in [3.8, 4) is 11.5 Å². The zero-order valence-corrected chi connectivity index (χ0v) is 11.3. The van der Waals surface area contributed by atoms with Gasteiger partial charge in [-0.2, -0.15) is 10.1 Å². The summed E-state index contributed by atoms with van der Waals surface area (Å²) in [5.41, 5.74) is 4.64. The molecule has 0 saturated heterocycles. The highest BCUT2D eigenvalue weighted by molar-refractivity contribution is 5.84. The first-order valence-electron chi connectivity index (χ1n) is 6.28. The molecule has 0 saturated carbocycles. The molecular formula is C15H13N3O3. The summed E-state index contributed by atoms with van der Waals surface area (Å²) >= 11 is 0. The quantitative estimate of drug-likeness (QED) is 0.568. The highest BCUT2D eigenvalue weighted by Gasteiger charge is 2.03. The molecule has 0 aliphatic carbocycles. The summed E-state index contributed by atoms with van der Waals surface area (Å²) in [6.45, 7) is 0. The van der Waals surface area contributed by atoms with Gasteiger partial charge in [-0.25, -0.2) is 5.43 Å². The molecule has 0 unspecified atom stereocenters. The van der Waals surface area contributed by atoms with Gasteiger partial charge in [0, 0.05) is 5.56 Å². The van der Waals surface area contributed by atoms with Crippen LogP contribution in [0.4, 0.5) is 6.01 Å². The topological polar surface area (TPSA) is 79.9 Å². The first-order chi connectivity index (χ1) is 10.3. The first-order valence-corrected chi connectivity index (χ1v) is 6.28. The monoisotopic (exact) mass is 283 g/mol. The van der Waals surface area contributed by atoms with Crippen LogP contribution in [0.2, 0.25) is 0 Å². The lowest BCUT2D eigenvalue weighted by atomic mass is 10.2. The molecule has 3 aromatic rings. The van der Waals surface area contributed by atoms with Gasteiger partial charge in [0.05, 0.1) is 13.3 Å². The van der Waals surface area contributed by atoms with Crippen LogP contribution in [0.5, 0.6) is 11.5 Å². The molecule has 0 amide bonds. The number of aromatic hydroxyl groups is 1. The molecule has 0 atom stereocenters. The number of nitrogens with one attached hydrogen (secondary N) is 1. The first kappa shape index (κ1) is 13.0. The maximum atomic E-state index is 9.73. The number of ether oxygens (including phenoxy) is 1. The average Bonchev–Trinajstić information content (AvgIpc) is 2.92. The van der Waals surface area contributed by atoms with Gasteiger partial charge in [-0.15, -0.1) is 0 Å². The zero-order valence-electron chi connectivity index (χ0n) is 11.3. The smallest absolute Gasteiger partial charge is 0.316 e. The normalized spacial score (nSPS) is 11.1. The van der Waals surface area contributed by atoms with E-state index in [9.17, 15) is 5.11 Å². The third-order valence-electron chi connectivity index (χ3n) is 2.89. The largest absolute Gasteiger partial charge is 0.507 e. The van der Waals surface area contributed by atoms with Gasteiger partial charge in [-0.1, -0.05) is 12.1 Å². The molecule has 6 nitrogen and oxygen atoms in total. The third kappa shape index (κ3) is 2.79. The van der Waals surface area contributed by atoms with E-state index in [4.69, 9.17) is 9.15 Å². The van der Waals surface area contributed by atoms with Crippen molar-refractivity contribution in [2.75, 3.05) is 12.5 Å². The van der Waals surface area contributed by atoms with E-state index in [2.05, 4.69) is 15.5 Å². The molecule has 0 aliphatic rings. The Morgan fingerprint density at radius 3 is 2.95 bits per heavy atom. The molecule has 1 heterocycles. The maximum Gasteiger partial charge on any atom is 0.316 e. The molecule has 0 fully saturated rings. The van der Waals surface area contributed by atoms with Gasteiger partial charge in [0.15, 0.2) is 5.58 Å². The number of phenols is 1. The fraction of sp³-hybridized carbons (Fsp3) is 0.0667. The Bertz CT molecular complexity index is 763. The third-order valence-corrected chi connectivity index (χ3v) is 2.89. The van der Waals surface area contributed by atoms with E-state index in [-0.39, 0.29) is 11.8 Å². The van der Waals surface area contributed by atoms with Crippen LogP contribution in [0, 0.1) is 0 Å². The minimum atomic E-state index is 0.110. The zero-order chi connectivity index (χ0) is 14.7. The molecular weight excluding hydrogens is 270 g/mol. The lowest BCUT2D eigenvalue weighted by Crippen LogP contribution is -1.92. The van der Waals surface area contributed by atoms with Crippen molar-refractivity contribution in [3.63, 3.8) is 0 Å². The van der Waals surface area contributed by atoms with Gasteiger partial charge < -0.3 is 14.3 Å². The van der Waals surface area contributed by atoms with Crippen molar-refractivity contribution in [2.45, 2.75) is 0 Å². The van der Waals surface area contributed by atoms with Crippen LogP contribution in [0.15, 0.2) is 52.0 Å². The fourth-order valence-electron chi connectivity index (χ4n) is 1.84. The van der Waals surface area contributed by atoms with Crippen LogP contribution in [-0.2, 0) is 0 Å². The second kappa shape index (κ2) is 5.54. The predicted molar refractivity (Wildman–Crippen MR) is 79.9 cm³/mol. The standard InChI is InChI=1S/C15H13N3O3/c1-20-11-6-7-13(19)10(8-11)9-16-18-15-17-12-4-2-3-5-14(12)21-15/h2-9,19H,1H3,(H,17,18)/b16-9+. The Labute approximate surface area is 120 Å². The summed E-state index contributed by atoms with van der Waals surface area (Å²) in [5, 5.41) is 13.7. The molecule has 106 valence electrons. The fourth-order valence-corrected chi connectivity index (χ4v) is 1.84. The van der Waals surface area contributed by atoms with Crippen molar-refractivity contribution >= 4 is 23.3 Å². The van der Waals surface area contributed by atoms with Crippen LogP contribution < -0.4 is 10.2 Å². The van der Waals surface area contributed by atoms with E-state index in [1.54, 1.807) is 25.3 Å². The van der Waals surface area contributed by atoms with Crippen LogP contribution >= 0.6 is 0 Å². The van der Waals surface area contributed by atoms with E-state index < -0.39 is 0 Å². The van der Waals surface area contributed by atoms with E-state index >= 15 is 0 Å². The molecule has 0 bridgehead atoms. The molecule has 2 aromatic carbocycles. The van der Waals surface area contributed by atoms with Crippen molar-refractivity contribution in [2.24, 2.45) is 5.10 Å². The lowest BCUT2D eigenvalue weighted by Gasteiger charge is -2.02. The minimum Gasteiger partial charge on any atom is -0.507 e. The molecule has 3 rings (SSSR count). The number of methoxy groups -OCH3 is 1. The Kier molecular flexibility index (Phi) is 3.42. The molecule has 6 heteroatoms. The number of aromatic nitrogens is 1. The molecule has 2 N–H and O–H groups in total. The van der Waals surface area contributed by atoms with Crippen molar-refractivity contribution in [3.05, 3.63) is 48.0 Å². The highest BCUT2D eigenvalue weighted by Crippen LogP contribution is 2.21. The van der Waals surface area contributed by atoms with Gasteiger partial charge in [0.1, 0.15) is 17.0 Å². The van der Waals surface area contributed by atoms with Crippen molar-refractivity contribution < 1.29 is 14.3 Å². The summed E-state index contributed by atoms with van der Waals surface area (Å²) < 4.78 is 10.5. The van der Waals surface area contributed by atoms with Gasteiger partial charge in [0.25, 0.3) is 0 Å². The summed E-state index contributed by atoms with van der Waals surface area (Å²) in [6.07, 6.45) is 1.46. The van der Waals surface area contributed by atoms with Gasteiger partial charge in [-0.05, 0) is 30.3 Å². The van der Waals surface area contributed by atoms with Gasteiger partial charge in [0.2, 0.25) is 0 Å². The second-order valence-corrected chi connectivity index (χ2v) is 4.28. The van der Waals surface area contributed by atoms with Crippen LogP contribution in [0.1, 0.15) is 5.56 Å². The number of oxazole rings is 1. The number of fused-ring (bicyclic) bond motifs is 1. The number of nitrogens with zero attached hydrogens (tertiary/aromatic N) is 2. The Balaban J connectivity index is 1.77. The Hall–Kier alpha value is -3.02. The predicted octanol–water partition coefficient (Wildman–Crippen LogP) is 2.99. The Morgan fingerprint density at radius 2 is 2.14 bits per heavy atom. The summed E-state index contributed by atoms with van der Waals surface area (Å²) in [6, 6.07) is 12.6. The van der Waals surface area contributed by atoms with E-state index in [1.165, 1.54) is 6.21 Å². The van der Waals surface area contributed by atoms with Crippen molar-refractivity contribution in [1.82, 2.24) is 4.98 Å². The molecule has 21 heavy (non-hydrogen) atoms. The van der Waals surface area contributed by atoms with E-state index in [1.807, 2.05) is 24.3 Å². The number of rotatable bonds is 4. The van der Waals surface area contributed by atoms with Crippen LogP contribution in [0.25, 0.3) is 11.1 Å². The SMILES string of the molecule is COc1ccc(O)c(/C=N/Nc2nc3ccccc3o2)c1. The Morgan fingerprint density at radius 1 is 1.29 bits per heavy atom. The van der Waals surface area contributed by atoms with Crippen LogP contribution in [-0.4, -0.2) is 23.4 Å². The number of benzene rings is 2. The lowest BCUT2D eigenvalue weighted by molar-refractivity contribution is 0.412. The highest BCUT2D eigenvalue weighted by atomic mass is 16.5. The van der Waals surface area contributed by atoms with E-state index in [0.29, 0.717) is 16.9 Å². The summed E-state index contributed by atoms with van der Waals surface area (Å²) in [5.74, 6) is 0.745. The molecule has 0 radical (unpaired) electrons. The average molecular weight is 283 g/mol. The minimum absolute atomic E-state index is 0.110. The summed E-state index contributed by atoms with van der Waals surface area (Å²) in [4.78, 5) is 4.22. The number of anilines is 1.